The lowest BCUT2D eigenvalue weighted by molar-refractivity contribution is 0.228. The molecule has 0 saturated carbocycles. The lowest BCUT2D eigenvalue weighted by atomic mass is 10.1. The average molecular weight is 226 g/mol. The Hall–Kier alpha value is -2.06. The number of aliphatic hydroxyl groups is 1. The maximum Gasteiger partial charge on any atom is 0.127 e. The number of ether oxygens (including phenoxy) is 1. The number of hydrogen-bond acceptors (Lipinski definition) is 2. The van der Waals surface area contributed by atoms with Crippen LogP contribution in [-0.4, -0.2) is 5.11 Å². The van der Waals surface area contributed by atoms with Gasteiger partial charge in [-0.1, -0.05) is 36.4 Å². The Kier molecular flexibility index (Phi) is 3.58. The minimum absolute atomic E-state index is 0.658. The molecule has 0 radical (unpaired) electrons. The van der Waals surface area contributed by atoms with Crippen LogP contribution in [0.4, 0.5) is 0 Å². The van der Waals surface area contributed by atoms with Gasteiger partial charge >= 0.3 is 0 Å². The molecule has 2 aromatic carbocycles. The number of hydrogen-bond donors (Lipinski definition) is 1. The lowest BCUT2D eigenvalue weighted by Crippen LogP contribution is -1.93. The molecular weight excluding hydrogens is 212 g/mol. The van der Waals surface area contributed by atoms with E-state index in [2.05, 4.69) is 6.58 Å². The van der Waals surface area contributed by atoms with Crippen LogP contribution in [0.1, 0.15) is 11.7 Å². The van der Waals surface area contributed by atoms with Crippen molar-refractivity contribution in [1.82, 2.24) is 0 Å². The molecule has 2 aromatic rings. The number of aliphatic hydroxyl groups excluding tert-OH is 1. The summed E-state index contributed by atoms with van der Waals surface area (Å²) in [5.41, 5.74) is 0.772. The van der Waals surface area contributed by atoms with E-state index in [0.29, 0.717) is 5.75 Å². The molecule has 2 rings (SSSR count). The summed E-state index contributed by atoms with van der Waals surface area (Å²) in [7, 11) is 0. The summed E-state index contributed by atoms with van der Waals surface area (Å²) >= 11 is 0. The van der Waals surface area contributed by atoms with Crippen LogP contribution in [0.2, 0.25) is 0 Å². The van der Waals surface area contributed by atoms with Crippen LogP contribution in [-0.2, 0) is 0 Å². The summed E-state index contributed by atoms with van der Waals surface area (Å²) in [6.07, 6.45) is 0.830. The van der Waals surface area contributed by atoms with E-state index < -0.39 is 6.10 Å². The quantitative estimate of drug-likeness (QED) is 0.805. The highest BCUT2D eigenvalue weighted by Gasteiger charge is 2.04. The van der Waals surface area contributed by atoms with Gasteiger partial charge in [-0.25, -0.2) is 0 Å². The van der Waals surface area contributed by atoms with Crippen molar-refractivity contribution in [2.75, 3.05) is 0 Å². The van der Waals surface area contributed by atoms with E-state index in [1.807, 2.05) is 48.5 Å². The maximum absolute atomic E-state index is 9.65. The normalized spacial score (nSPS) is 11.8. The van der Waals surface area contributed by atoms with Gasteiger partial charge in [-0.3, -0.25) is 0 Å². The highest BCUT2D eigenvalue weighted by atomic mass is 16.5. The Morgan fingerprint density at radius 3 is 2.41 bits per heavy atom. The van der Waals surface area contributed by atoms with Crippen LogP contribution in [0.25, 0.3) is 0 Å². The van der Waals surface area contributed by atoms with Crippen LogP contribution in [0.5, 0.6) is 11.5 Å². The molecule has 1 unspecified atom stereocenters. The molecule has 2 nitrogen and oxygen atoms in total. The third-order valence-corrected chi connectivity index (χ3v) is 2.40. The van der Waals surface area contributed by atoms with E-state index >= 15 is 0 Å². The molecule has 0 amide bonds. The van der Waals surface area contributed by atoms with Crippen molar-refractivity contribution in [3.8, 4) is 11.5 Å². The highest BCUT2D eigenvalue weighted by molar-refractivity contribution is 5.35. The molecule has 17 heavy (non-hydrogen) atoms. The zero-order valence-electron chi connectivity index (χ0n) is 9.41. The van der Waals surface area contributed by atoms with Crippen molar-refractivity contribution in [3.05, 3.63) is 72.8 Å². The SMILES string of the molecule is C=CC(O)c1cccc(Oc2ccccc2)c1. The largest absolute Gasteiger partial charge is 0.457 e. The van der Waals surface area contributed by atoms with Crippen molar-refractivity contribution in [1.29, 1.82) is 0 Å². The van der Waals surface area contributed by atoms with Gasteiger partial charge in [0.25, 0.3) is 0 Å². The topological polar surface area (TPSA) is 29.5 Å². The van der Waals surface area contributed by atoms with Crippen molar-refractivity contribution in [2.45, 2.75) is 6.10 Å². The Morgan fingerprint density at radius 2 is 1.71 bits per heavy atom. The lowest BCUT2D eigenvalue weighted by Gasteiger charge is -2.09. The van der Waals surface area contributed by atoms with Crippen molar-refractivity contribution < 1.29 is 9.84 Å². The predicted octanol–water partition coefficient (Wildman–Crippen LogP) is 3.70. The Morgan fingerprint density at radius 1 is 1.00 bits per heavy atom. The van der Waals surface area contributed by atoms with E-state index in [-0.39, 0.29) is 0 Å². The molecule has 2 heteroatoms. The van der Waals surface area contributed by atoms with E-state index in [4.69, 9.17) is 4.74 Å². The summed E-state index contributed by atoms with van der Waals surface area (Å²) in [5, 5.41) is 9.65. The summed E-state index contributed by atoms with van der Waals surface area (Å²) in [6.45, 7) is 3.56. The standard InChI is InChI=1S/C15H14O2/c1-2-15(16)12-7-6-10-14(11-12)17-13-8-4-3-5-9-13/h2-11,15-16H,1H2. The van der Waals surface area contributed by atoms with Gasteiger partial charge < -0.3 is 9.84 Å². The van der Waals surface area contributed by atoms with Gasteiger partial charge in [-0.2, -0.15) is 0 Å². The van der Waals surface area contributed by atoms with E-state index in [1.165, 1.54) is 6.08 Å². The van der Waals surface area contributed by atoms with E-state index in [0.717, 1.165) is 11.3 Å². The number of rotatable bonds is 4. The first-order valence-electron chi connectivity index (χ1n) is 5.43. The predicted molar refractivity (Wildman–Crippen MR) is 68.1 cm³/mol. The molecule has 1 atom stereocenters. The molecule has 0 bridgehead atoms. The van der Waals surface area contributed by atoms with Crippen molar-refractivity contribution in [3.63, 3.8) is 0 Å². The third-order valence-electron chi connectivity index (χ3n) is 2.40. The van der Waals surface area contributed by atoms with Crippen molar-refractivity contribution in [2.24, 2.45) is 0 Å². The molecule has 86 valence electrons. The molecule has 0 aromatic heterocycles. The number of benzene rings is 2. The molecule has 0 aliphatic rings. The molecular formula is C15H14O2. The van der Waals surface area contributed by atoms with Crippen LogP contribution >= 0.6 is 0 Å². The fourth-order valence-electron chi connectivity index (χ4n) is 1.52. The minimum Gasteiger partial charge on any atom is -0.457 e. The van der Waals surface area contributed by atoms with Gasteiger partial charge in [0, 0.05) is 0 Å². The monoisotopic (exact) mass is 226 g/mol. The van der Waals surface area contributed by atoms with E-state index in [1.54, 1.807) is 6.07 Å². The molecule has 0 heterocycles. The van der Waals surface area contributed by atoms with E-state index in [9.17, 15) is 5.11 Å². The maximum atomic E-state index is 9.65. The first kappa shape index (κ1) is 11.4. The Bertz CT molecular complexity index is 491. The Balaban J connectivity index is 2.19. The second-order valence-corrected chi connectivity index (χ2v) is 3.67. The highest BCUT2D eigenvalue weighted by Crippen LogP contribution is 2.24. The summed E-state index contributed by atoms with van der Waals surface area (Å²) in [6, 6.07) is 16.9. The first-order valence-corrected chi connectivity index (χ1v) is 5.43. The summed E-state index contributed by atoms with van der Waals surface area (Å²) in [5.74, 6) is 1.48. The molecule has 0 fully saturated rings. The zero-order chi connectivity index (χ0) is 12.1. The van der Waals surface area contributed by atoms with Gasteiger partial charge in [0.1, 0.15) is 11.5 Å². The van der Waals surface area contributed by atoms with Gasteiger partial charge in [-0.15, -0.1) is 6.58 Å². The molecule has 0 aliphatic heterocycles. The Labute approximate surface area is 101 Å². The zero-order valence-corrected chi connectivity index (χ0v) is 9.41. The number of para-hydroxylation sites is 1. The van der Waals surface area contributed by atoms with Crippen LogP contribution in [0, 0.1) is 0 Å². The molecule has 0 spiro atoms. The first-order chi connectivity index (χ1) is 8.29. The second kappa shape index (κ2) is 5.32. The van der Waals surface area contributed by atoms with Crippen LogP contribution < -0.4 is 4.74 Å². The summed E-state index contributed by atoms with van der Waals surface area (Å²) in [4.78, 5) is 0. The summed E-state index contributed by atoms with van der Waals surface area (Å²) < 4.78 is 5.67. The second-order valence-electron chi connectivity index (χ2n) is 3.67. The van der Waals surface area contributed by atoms with Crippen molar-refractivity contribution >= 4 is 0 Å². The fraction of sp³-hybridized carbons (Fsp3) is 0.0667. The minimum atomic E-state index is -0.658. The molecule has 0 aliphatic carbocycles. The average Bonchev–Trinajstić information content (AvgIpc) is 2.39. The van der Waals surface area contributed by atoms with Gasteiger partial charge in [0.2, 0.25) is 0 Å². The van der Waals surface area contributed by atoms with Gasteiger partial charge in [-0.05, 0) is 29.8 Å². The molecule has 0 saturated heterocycles. The fourth-order valence-corrected chi connectivity index (χ4v) is 1.52. The van der Waals surface area contributed by atoms with Gasteiger partial charge in [0.15, 0.2) is 0 Å². The third kappa shape index (κ3) is 2.95. The van der Waals surface area contributed by atoms with Crippen LogP contribution in [0.3, 0.4) is 0 Å². The van der Waals surface area contributed by atoms with Crippen LogP contribution in [0.15, 0.2) is 67.3 Å². The molecule has 1 N–H and O–H groups in total. The van der Waals surface area contributed by atoms with Gasteiger partial charge in [0.05, 0.1) is 6.10 Å². The smallest absolute Gasteiger partial charge is 0.127 e.